The normalized spacial score (nSPS) is 13.7. The zero-order valence-electron chi connectivity index (χ0n) is 14.4. The molecule has 3 nitrogen and oxygen atoms in total. The Kier molecular flexibility index (Phi) is 6.54. The minimum absolute atomic E-state index is 0.0457. The molecular formula is C19H12ClF3O3S3. The lowest BCUT2D eigenvalue weighted by molar-refractivity contribution is -0.0517. The van der Waals surface area contributed by atoms with E-state index in [2.05, 4.69) is 60.7 Å². The van der Waals surface area contributed by atoms with Crippen molar-refractivity contribution in [3.05, 3.63) is 77.8 Å². The quantitative estimate of drug-likeness (QED) is 0.193. The van der Waals surface area contributed by atoms with E-state index in [1.165, 1.54) is 24.5 Å². The lowest BCUT2D eigenvalue weighted by atomic mass is 10.3. The second kappa shape index (κ2) is 8.61. The number of benzene rings is 3. The van der Waals surface area contributed by atoms with Crippen molar-refractivity contribution in [1.82, 2.24) is 0 Å². The van der Waals surface area contributed by atoms with Gasteiger partial charge in [-0.25, -0.2) is 8.42 Å². The van der Waals surface area contributed by atoms with Gasteiger partial charge in [-0.2, -0.15) is 13.2 Å². The van der Waals surface area contributed by atoms with Crippen LogP contribution in [-0.2, 0) is 21.0 Å². The van der Waals surface area contributed by atoms with Crippen molar-refractivity contribution in [2.75, 3.05) is 0 Å². The molecule has 0 amide bonds. The maximum atomic E-state index is 10.7. The van der Waals surface area contributed by atoms with Crippen LogP contribution in [0.3, 0.4) is 0 Å². The molecule has 0 N–H and O–H groups in total. The summed E-state index contributed by atoms with van der Waals surface area (Å²) < 4.78 is 58.9. The molecule has 1 heterocycles. The highest BCUT2D eigenvalue weighted by molar-refractivity contribution is 8.04. The largest absolute Gasteiger partial charge is 0.741 e. The minimum Gasteiger partial charge on any atom is -0.741 e. The maximum absolute atomic E-state index is 10.7. The van der Waals surface area contributed by atoms with E-state index in [9.17, 15) is 13.2 Å². The molecule has 0 unspecified atom stereocenters. The van der Waals surface area contributed by atoms with Crippen LogP contribution in [0.2, 0.25) is 5.02 Å². The van der Waals surface area contributed by atoms with Gasteiger partial charge >= 0.3 is 5.51 Å². The van der Waals surface area contributed by atoms with Gasteiger partial charge in [0, 0.05) is 5.02 Å². The molecule has 3 aromatic rings. The number of halogens is 4. The highest BCUT2D eigenvalue weighted by Gasteiger charge is 2.38. The van der Waals surface area contributed by atoms with Crippen LogP contribution in [0.5, 0.6) is 0 Å². The molecular weight excluding hydrogens is 465 g/mol. The van der Waals surface area contributed by atoms with E-state index < -0.39 is 15.6 Å². The highest BCUT2D eigenvalue weighted by Crippen LogP contribution is 2.48. The number of hydrogen-bond donors (Lipinski definition) is 0. The summed E-state index contributed by atoms with van der Waals surface area (Å²) in [5.41, 5.74) is -5.65. The van der Waals surface area contributed by atoms with Crippen LogP contribution in [0.4, 0.5) is 13.2 Å². The molecule has 0 aliphatic carbocycles. The molecule has 0 radical (unpaired) electrons. The van der Waals surface area contributed by atoms with Gasteiger partial charge < -0.3 is 4.55 Å². The van der Waals surface area contributed by atoms with Crippen molar-refractivity contribution in [2.45, 2.75) is 30.0 Å². The molecule has 152 valence electrons. The zero-order chi connectivity index (χ0) is 21.2. The van der Waals surface area contributed by atoms with Gasteiger partial charge in [-0.1, -0.05) is 47.6 Å². The molecule has 3 aromatic carbocycles. The summed E-state index contributed by atoms with van der Waals surface area (Å²) >= 11 is 7.91. The molecule has 0 atom stereocenters. The lowest BCUT2D eigenvalue weighted by Crippen LogP contribution is -2.21. The van der Waals surface area contributed by atoms with Crippen LogP contribution in [0.1, 0.15) is 0 Å². The third kappa shape index (κ3) is 5.10. The van der Waals surface area contributed by atoms with Gasteiger partial charge in [-0.15, -0.1) is 0 Å². The van der Waals surface area contributed by atoms with Crippen LogP contribution in [0.25, 0.3) is 0 Å². The Morgan fingerprint density at radius 2 is 1.24 bits per heavy atom. The lowest BCUT2D eigenvalue weighted by Gasteiger charge is -2.18. The van der Waals surface area contributed by atoms with Crippen LogP contribution >= 0.6 is 23.4 Å². The van der Waals surface area contributed by atoms with E-state index in [1.54, 1.807) is 0 Å². The Hall–Kier alpha value is -1.65. The molecule has 0 fully saturated rings. The minimum atomic E-state index is -6.09. The van der Waals surface area contributed by atoms with Crippen LogP contribution in [-0.4, -0.2) is 18.5 Å². The summed E-state index contributed by atoms with van der Waals surface area (Å²) in [5.74, 6) is 0. The molecule has 10 heteroatoms. The first kappa shape index (κ1) is 22.0. The molecule has 0 saturated heterocycles. The van der Waals surface area contributed by atoms with Gasteiger partial charge in [0.15, 0.2) is 24.8 Å². The maximum Gasteiger partial charge on any atom is 0.485 e. The summed E-state index contributed by atoms with van der Waals surface area (Å²) in [5, 5.41) is 0.787. The molecule has 4 rings (SSSR count). The first-order chi connectivity index (χ1) is 13.6. The van der Waals surface area contributed by atoms with Gasteiger partial charge in [-0.05, 0) is 48.5 Å². The summed E-state index contributed by atoms with van der Waals surface area (Å²) in [6.07, 6.45) is 0. The van der Waals surface area contributed by atoms with Crippen LogP contribution in [0, 0.1) is 0 Å². The van der Waals surface area contributed by atoms with Crippen molar-refractivity contribution in [1.29, 1.82) is 0 Å². The van der Waals surface area contributed by atoms with E-state index in [0.29, 0.717) is 0 Å². The van der Waals surface area contributed by atoms with Crippen molar-refractivity contribution in [2.24, 2.45) is 0 Å². The molecule has 1 aliphatic rings. The Balaban J connectivity index is 0.000000258. The number of rotatable bonds is 1. The monoisotopic (exact) mass is 476 g/mol. The van der Waals surface area contributed by atoms with E-state index in [1.807, 2.05) is 23.9 Å². The van der Waals surface area contributed by atoms with Crippen LogP contribution < -0.4 is 0 Å². The Bertz CT molecular complexity index is 1070. The van der Waals surface area contributed by atoms with Crippen molar-refractivity contribution in [3.63, 3.8) is 0 Å². The Labute approximate surface area is 178 Å². The molecule has 0 spiro atoms. The standard InChI is InChI=1S/C18H12ClS2.CHF3O3S/c19-13-9-11-14(12-10-13)21-17-7-3-1-5-15(17)20-16-6-2-4-8-18(16)21;2-1(3,4)8(5,6)7/h1-12H;(H,5,6,7)/q+1;/p-1. The summed E-state index contributed by atoms with van der Waals surface area (Å²) in [6.45, 7) is 0. The fourth-order valence-electron chi connectivity index (χ4n) is 2.47. The topological polar surface area (TPSA) is 57.2 Å². The Morgan fingerprint density at radius 3 is 1.66 bits per heavy atom. The average molecular weight is 477 g/mol. The summed E-state index contributed by atoms with van der Waals surface area (Å²) in [7, 11) is -6.14. The predicted molar refractivity (Wildman–Crippen MR) is 106 cm³/mol. The van der Waals surface area contributed by atoms with Gasteiger partial charge in [0.25, 0.3) is 0 Å². The van der Waals surface area contributed by atoms with Crippen molar-refractivity contribution < 1.29 is 26.1 Å². The second-order valence-electron chi connectivity index (χ2n) is 5.66. The smallest absolute Gasteiger partial charge is 0.485 e. The number of alkyl halides is 3. The first-order valence-corrected chi connectivity index (χ1v) is 11.8. The summed E-state index contributed by atoms with van der Waals surface area (Å²) in [4.78, 5) is 6.84. The SMILES string of the molecule is Clc1ccc([S+]2c3ccccc3Sc3ccccc32)cc1.O=S(=O)([O-])C(F)(F)F. The average Bonchev–Trinajstić information content (AvgIpc) is 2.66. The van der Waals surface area contributed by atoms with Gasteiger partial charge in [0.2, 0.25) is 0 Å². The van der Waals surface area contributed by atoms with E-state index in [-0.39, 0.29) is 10.9 Å². The molecule has 0 aromatic heterocycles. The third-order valence-electron chi connectivity index (χ3n) is 3.69. The number of hydrogen-bond acceptors (Lipinski definition) is 4. The third-order valence-corrected chi connectivity index (χ3v) is 8.26. The summed E-state index contributed by atoms with van der Waals surface area (Å²) in [6, 6.07) is 25.7. The van der Waals surface area contributed by atoms with E-state index in [0.717, 1.165) is 5.02 Å². The highest BCUT2D eigenvalue weighted by atomic mass is 35.5. The number of fused-ring (bicyclic) bond motifs is 2. The van der Waals surface area contributed by atoms with Crippen molar-refractivity contribution >= 4 is 44.4 Å². The molecule has 1 aliphatic heterocycles. The van der Waals surface area contributed by atoms with Gasteiger partial charge in [-0.3, -0.25) is 0 Å². The van der Waals surface area contributed by atoms with Gasteiger partial charge in [0.05, 0.1) is 9.79 Å². The molecule has 0 saturated carbocycles. The van der Waals surface area contributed by atoms with E-state index in [4.69, 9.17) is 24.6 Å². The zero-order valence-corrected chi connectivity index (χ0v) is 17.6. The fourth-order valence-corrected chi connectivity index (χ4v) is 6.33. The predicted octanol–water partition coefficient (Wildman–Crippen LogP) is 5.95. The van der Waals surface area contributed by atoms with Crippen LogP contribution in [0.15, 0.2) is 97.3 Å². The molecule has 0 bridgehead atoms. The van der Waals surface area contributed by atoms with Gasteiger partial charge in [0.1, 0.15) is 10.9 Å². The first-order valence-electron chi connectivity index (χ1n) is 7.96. The molecule has 29 heavy (non-hydrogen) atoms. The van der Waals surface area contributed by atoms with Crippen molar-refractivity contribution in [3.8, 4) is 0 Å². The Morgan fingerprint density at radius 1 is 0.828 bits per heavy atom. The second-order valence-corrected chi connectivity index (χ2v) is 10.5. The van der Waals surface area contributed by atoms with E-state index >= 15 is 0 Å². The fraction of sp³-hybridized carbons (Fsp3) is 0.0526.